The van der Waals surface area contributed by atoms with Crippen LogP contribution in [-0.4, -0.2) is 37.3 Å². The molecule has 1 atom stereocenters. The number of carbonyl (C=O) groups excluding carboxylic acids is 2. The third-order valence-electron chi connectivity index (χ3n) is 3.14. The summed E-state index contributed by atoms with van der Waals surface area (Å²) < 4.78 is 10.2. The summed E-state index contributed by atoms with van der Waals surface area (Å²) in [7, 11) is 2.52. The van der Waals surface area contributed by atoms with Crippen molar-refractivity contribution >= 4 is 38.9 Å². The van der Waals surface area contributed by atoms with Crippen LogP contribution in [0.1, 0.15) is 5.56 Å². The second-order valence-electron chi connectivity index (χ2n) is 4.39. The molecule has 0 radical (unpaired) electrons. The first-order chi connectivity index (χ1) is 10.1. The number of aromatic amines is 1. The molecular weight excluding hydrogens is 340 g/mol. The van der Waals surface area contributed by atoms with E-state index in [-0.39, 0.29) is 0 Å². The number of aromatic nitrogens is 1. The van der Waals surface area contributed by atoms with Gasteiger partial charge in [-0.15, -0.1) is 0 Å². The first-order valence-electron chi connectivity index (χ1n) is 6.23. The molecule has 0 aliphatic carbocycles. The van der Waals surface area contributed by atoms with Gasteiger partial charge in [-0.1, -0.05) is 12.1 Å². The molecule has 1 aromatic carbocycles. The highest BCUT2D eigenvalue weighted by molar-refractivity contribution is 9.10. The Labute approximate surface area is 129 Å². The predicted octanol–water partition coefficient (Wildman–Crippen LogP) is 2.37. The van der Waals surface area contributed by atoms with Crippen molar-refractivity contribution in [1.82, 2.24) is 10.3 Å². The molecule has 0 fully saturated rings. The third kappa shape index (κ3) is 3.36. The number of halogens is 1. The fourth-order valence-corrected chi connectivity index (χ4v) is 2.58. The Morgan fingerprint density at radius 2 is 2.10 bits per heavy atom. The molecule has 0 aliphatic heterocycles. The molecule has 2 N–H and O–H groups in total. The third-order valence-corrected chi connectivity index (χ3v) is 3.80. The molecule has 2 rings (SSSR count). The lowest BCUT2D eigenvalue weighted by molar-refractivity contribution is -0.142. The van der Waals surface area contributed by atoms with E-state index in [0.29, 0.717) is 6.42 Å². The van der Waals surface area contributed by atoms with Gasteiger partial charge in [-0.05, 0) is 27.6 Å². The molecular formula is C14H15BrN2O4. The Hall–Kier alpha value is -2.02. The number of amides is 1. The summed E-state index contributed by atoms with van der Waals surface area (Å²) in [5, 5.41) is 3.45. The van der Waals surface area contributed by atoms with Gasteiger partial charge in [-0.25, -0.2) is 9.59 Å². The van der Waals surface area contributed by atoms with E-state index >= 15 is 0 Å². The van der Waals surface area contributed by atoms with Gasteiger partial charge in [-0.2, -0.15) is 0 Å². The zero-order valence-corrected chi connectivity index (χ0v) is 13.2. The lowest BCUT2D eigenvalue weighted by Gasteiger charge is -2.15. The molecule has 0 bridgehead atoms. The van der Waals surface area contributed by atoms with Crippen LogP contribution < -0.4 is 5.32 Å². The topological polar surface area (TPSA) is 80.4 Å². The number of nitrogens with one attached hydrogen (secondary N) is 2. The van der Waals surface area contributed by atoms with Crippen LogP contribution in [0.2, 0.25) is 0 Å². The molecule has 1 heterocycles. The predicted molar refractivity (Wildman–Crippen MR) is 81.0 cm³/mol. The minimum Gasteiger partial charge on any atom is -0.467 e. The van der Waals surface area contributed by atoms with Crippen molar-refractivity contribution < 1.29 is 19.1 Å². The van der Waals surface area contributed by atoms with Crippen molar-refractivity contribution in [2.75, 3.05) is 14.2 Å². The molecule has 0 aliphatic rings. The second-order valence-corrected chi connectivity index (χ2v) is 5.25. The molecule has 112 valence electrons. The van der Waals surface area contributed by atoms with Gasteiger partial charge >= 0.3 is 12.1 Å². The highest BCUT2D eigenvalue weighted by Gasteiger charge is 2.23. The van der Waals surface area contributed by atoms with Crippen LogP contribution in [0.3, 0.4) is 0 Å². The van der Waals surface area contributed by atoms with Gasteiger partial charge in [0.25, 0.3) is 0 Å². The maximum atomic E-state index is 11.8. The van der Waals surface area contributed by atoms with E-state index in [4.69, 9.17) is 4.74 Å². The van der Waals surface area contributed by atoms with Crippen molar-refractivity contribution in [3.63, 3.8) is 0 Å². The molecule has 21 heavy (non-hydrogen) atoms. The van der Waals surface area contributed by atoms with E-state index in [9.17, 15) is 9.59 Å². The van der Waals surface area contributed by atoms with Gasteiger partial charge in [0.1, 0.15) is 6.04 Å². The highest BCUT2D eigenvalue weighted by atomic mass is 79.9. The van der Waals surface area contributed by atoms with Gasteiger partial charge in [0.2, 0.25) is 0 Å². The number of alkyl carbamates (subject to hydrolysis) is 1. The summed E-state index contributed by atoms with van der Waals surface area (Å²) in [6.45, 7) is 0. The van der Waals surface area contributed by atoms with Crippen LogP contribution in [0.5, 0.6) is 0 Å². The number of fused-ring (bicyclic) bond motifs is 1. The molecule has 1 amide bonds. The maximum Gasteiger partial charge on any atom is 0.407 e. The number of carbonyl (C=O) groups is 2. The summed E-state index contributed by atoms with van der Waals surface area (Å²) in [6, 6.07) is 4.97. The Bertz CT molecular complexity index is 668. The van der Waals surface area contributed by atoms with Crippen LogP contribution in [0.25, 0.3) is 10.9 Å². The second kappa shape index (κ2) is 6.62. The summed E-state index contributed by atoms with van der Waals surface area (Å²) in [4.78, 5) is 26.3. The monoisotopic (exact) mass is 354 g/mol. The summed E-state index contributed by atoms with van der Waals surface area (Å²) in [6.07, 6.45) is 1.44. The molecule has 0 unspecified atom stereocenters. The molecule has 0 spiro atoms. The smallest absolute Gasteiger partial charge is 0.407 e. The van der Waals surface area contributed by atoms with E-state index in [1.165, 1.54) is 14.2 Å². The number of esters is 1. The normalized spacial score (nSPS) is 12.0. The Morgan fingerprint density at radius 3 is 2.76 bits per heavy atom. The highest BCUT2D eigenvalue weighted by Crippen LogP contribution is 2.26. The molecule has 6 nitrogen and oxygen atoms in total. The van der Waals surface area contributed by atoms with E-state index < -0.39 is 18.1 Å². The standard InChI is InChI=1S/C14H15BrN2O4/c1-20-13(18)11(17-14(19)21-2)6-8-7-16-12-9(8)4-3-5-10(12)15/h3-5,7,11,16H,6H2,1-2H3,(H,17,19)/t11-/m1/s1. The first kappa shape index (κ1) is 15.4. The number of hydrogen-bond donors (Lipinski definition) is 2. The fourth-order valence-electron chi connectivity index (χ4n) is 2.10. The van der Waals surface area contributed by atoms with E-state index in [0.717, 1.165) is 20.9 Å². The minimum atomic E-state index is -0.805. The number of ether oxygens (including phenoxy) is 2. The van der Waals surface area contributed by atoms with Crippen LogP contribution in [-0.2, 0) is 20.7 Å². The van der Waals surface area contributed by atoms with Gasteiger partial charge < -0.3 is 19.8 Å². The number of rotatable bonds is 4. The molecule has 2 aromatic rings. The first-order valence-corrected chi connectivity index (χ1v) is 7.03. The van der Waals surface area contributed by atoms with Gasteiger partial charge in [0.15, 0.2) is 0 Å². The SMILES string of the molecule is COC(=O)N[C@H](Cc1c[nH]c2c(Br)cccc12)C(=O)OC. The number of H-pyrrole nitrogens is 1. The zero-order chi connectivity index (χ0) is 15.4. The quantitative estimate of drug-likeness (QED) is 0.826. The Kier molecular flexibility index (Phi) is 4.85. The van der Waals surface area contributed by atoms with Gasteiger partial charge in [0, 0.05) is 22.5 Å². The summed E-state index contributed by atoms with van der Waals surface area (Å²) in [5.74, 6) is -0.523. The minimum absolute atomic E-state index is 0.304. The lowest BCUT2D eigenvalue weighted by atomic mass is 10.1. The summed E-state index contributed by atoms with van der Waals surface area (Å²) >= 11 is 3.46. The summed E-state index contributed by atoms with van der Waals surface area (Å²) in [5.41, 5.74) is 1.84. The number of para-hydroxylation sites is 1. The van der Waals surface area contributed by atoms with Crippen LogP contribution >= 0.6 is 15.9 Å². The number of methoxy groups -OCH3 is 2. The van der Waals surface area contributed by atoms with E-state index in [1.54, 1.807) is 0 Å². The average Bonchev–Trinajstić information content (AvgIpc) is 2.90. The number of benzene rings is 1. The van der Waals surface area contributed by atoms with Crippen LogP contribution in [0.15, 0.2) is 28.9 Å². The van der Waals surface area contributed by atoms with Crippen LogP contribution in [0, 0.1) is 0 Å². The molecule has 0 saturated heterocycles. The Balaban J connectivity index is 2.28. The van der Waals surface area contributed by atoms with E-state index in [1.807, 2.05) is 24.4 Å². The lowest BCUT2D eigenvalue weighted by Crippen LogP contribution is -2.42. The zero-order valence-electron chi connectivity index (χ0n) is 11.6. The molecule has 1 aromatic heterocycles. The van der Waals surface area contributed by atoms with Crippen molar-refractivity contribution in [3.8, 4) is 0 Å². The van der Waals surface area contributed by atoms with Crippen molar-refractivity contribution in [2.24, 2.45) is 0 Å². The van der Waals surface area contributed by atoms with E-state index in [2.05, 4.69) is 31.0 Å². The Morgan fingerprint density at radius 1 is 1.33 bits per heavy atom. The maximum absolute atomic E-state index is 11.8. The van der Waals surface area contributed by atoms with Crippen molar-refractivity contribution in [2.45, 2.75) is 12.5 Å². The molecule has 7 heteroatoms. The van der Waals surface area contributed by atoms with Crippen molar-refractivity contribution in [3.05, 3.63) is 34.4 Å². The van der Waals surface area contributed by atoms with Crippen LogP contribution in [0.4, 0.5) is 4.79 Å². The van der Waals surface area contributed by atoms with Gasteiger partial charge in [-0.3, -0.25) is 0 Å². The largest absolute Gasteiger partial charge is 0.467 e. The van der Waals surface area contributed by atoms with Crippen molar-refractivity contribution in [1.29, 1.82) is 0 Å². The molecule has 0 saturated carbocycles. The number of hydrogen-bond acceptors (Lipinski definition) is 4. The average molecular weight is 355 g/mol. The fraction of sp³-hybridized carbons (Fsp3) is 0.286. The van der Waals surface area contributed by atoms with Gasteiger partial charge in [0.05, 0.1) is 19.7 Å².